The van der Waals surface area contributed by atoms with Crippen molar-refractivity contribution in [2.75, 3.05) is 11.9 Å². The van der Waals surface area contributed by atoms with Gasteiger partial charge in [0.15, 0.2) is 5.82 Å². The van der Waals surface area contributed by atoms with Gasteiger partial charge in [0.25, 0.3) is 0 Å². The second kappa shape index (κ2) is 8.23. The van der Waals surface area contributed by atoms with Gasteiger partial charge in [0, 0.05) is 5.92 Å². The van der Waals surface area contributed by atoms with Gasteiger partial charge >= 0.3 is 12.1 Å². The lowest BCUT2D eigenvalue weighted by Gasteiger charge is -2.15. The first-order valence-corrected chi connectivity index (χ1v) is 10.4. The number of hydrogen-bond acceptors (Lipinski definition) is 5. The summed E-state index contributed by atoms with van der Waals surface area (Å²) < 4.78 is 6.83. The Labute approximate surface area is 189 Å². The predicted octanol–water partition coefficient (Wildman–Crippen LogP) is 4.63. The summed E-state index contributed by atoms with van der Waals surface area (Å²) in [6, 6.07) is 23.3. The van der Waals surface area contributed by atoms with Gasteiger partial charge in [-0.3, -0.25) is 5.32 Å². The van der Waals surface area contributed by atoms with Crippen LogP contribution in [-0.4, -0.2) is 38.8 Å². The summed E-state index contributed by atoms with van der Waals surface area (Å²) in [6.07, 6.45) is -0.782. The Morgan fingerprint density at radius 1 is 1.00 bits per heavy atom. The van der Waals surface area contributed by atoms with Crippen molar-refractivity contribution in [3.05, 3.63) is 95.2 Å². The van der Waals surface area contributed by atoms with Crippen LogP contribution in [0.15, 0.2) is 72.8 Å². The zero-order chi connectivity index (χ0) is 22.9. The molecule has 2 N–H and O–H groups in total. The van der Waals surface area contributed by atoms with Crippen molar-refractivity contribution < 1.29 is 19.4 Å². The third kappa shape index (κ3) is 3.71. The Bertz CT molecular complexity index is 1330. The standard InChI is InChI=1S/C25H20N4O4/c1-15-7-6-8-16(13-15)29-23(22(24(30)31)27-28-29)26-25(32)33-14-21-19-11-4-2-9-17(19)18-10-3-5-12-20(18)21/h2-13,21H,14H2,1H3,(H,26,32)(H,30,31). The van der Waals surface area contributed by atoms with E-state index in [0.717, 1.165) is 27.8 Å². The molecule has 0 saturated carbocycles. The van der Waals surface area contributed by atoms with Gasteiger partial charge in [0.1, 0.15) is 6.61 Å². The number of fused-ring (bicyclic) bond motifs is 3. The summed E-state index contributed by atoms with van der Waals surface area (Å²) in [5, 5.41) is 19.7. The lowest BCUT2D eigenvalue weighted by molar-refractivity contribution is 0.0691. The minimum atomic E-state index is -1.30. The lowest BCUT2D eigenvalue weighted by Crippen LogP contribution is -2.21. The number of nitrogens with zero attached hydrogens (tertiary/aromatic N) is 3. The lowest BCUT2D eigenvalue weighted by atomic mass is 9.98. The summed E-state index contributed by atoms with van der Waals surface area (Å²) >= 11 is 0. The zero-order valence-electron chi connectivity index (χ0n) is 17.7. The van der Waals surface area contributed by atoms with Gasteiger partial charge in [-0.15, -0.1) is 5.10 Å². The van der Waals surface area contributed by atoms with Crippen molar-refractivity contribution in [3.8, 4) is 16.8 Å². The maximum Gasteiger partial charge on any atom is 0.412 e. The molecule has 33 heavy (non-hydrogen) atoms. The van der Waals surface area contributed by atoms with E-state index in [1.54, 1.807) is 6.07 Å². The van der Waals surface area contributed by atoms with Crippen molar-refractivity contribution >= 4 is 17.9 Å². The van der Waals surface area contributed by atoms with Crippen LogP contribution in [0.4, 0.5) is 10.6 Å². The number of aromatic nitrogens is 3. The molecule has 4 aromatic rings. The van der Waals surface area contributed by atoms with Crippen LogP contribution in [0.2, 0.25) is 0 Å². The van der Waals surface area contributed by atoms with Crippen molar-refractivity contribution in [2.24, 2.45) is 0 Å². The van der Waals surface area contributed by atoms with Gasteiger partial charge in [0.2, 0.25) is 5.69 Å². The maximum atomic E-state index is 12.7. The van der Waals surface area contributed by atoms with E-state index in [-0.39, 0.29) is 24.0 Å². The largest absolute Gasteiger partial charge is 0.476 e. The zero-order valence-corrected chi connectivity index (χ0v) is 17.7. The molecule has 0 unspecified atom stereocenters. The normalized spacial score (nSPS) is 12.2. The Morgan fingerprint density at radius 2 is 1.67 bits per heavy atom. The van der Waals surface area contributed by atoms with E-state index in [4.69, 9.17) is 4.74 Å². The van der Waals surface area contributed by atoms with Crippen LogP contribution in [0, 0.1) is 6.92 Å². The number of ether oxygens (including phenoxy) is 1. The molecule has 8 heteroatoms. The van der Waals surface area contributed by atoms with E-state index in [2.05, 4.69) is 27.8 Å². The van der Waals surface area contributed by atoms with Gasteiger partial charge in [0.05, 0.1) is 5.69 Å². The molecule has 0 spiro atoms. The fourth-order valence-electron chi connectivity index (χ4n) is 4.21. The molecule has 0 fully saturated rings. The molecule has 8 nitrogen and oxygen atoms in total. The number of carboxylic acids is 1. The van der Waals surface area contributed by atoms with Crippen molar-refractivity contribution in [3.63, 3.8) is 0 Å². The monoisotopic (exact) mass is 440 g/mol. The van der Waals surface area contributed by atoms with Crippen molar-refractivity contribution in [1.29, 1.82) is 0 Å². The highest BCUT2D eigenvalue weighted by Crippen LogP contribution is 2.44. The highest BCUT2D eigenvalue weighted by molar-refractivity contribution is 5.96. The fraction of sp³-hybridized carbons (Fsp3) is 0.120. The average Bonchev–Trinajstić information content (AvgIpc) is 3.37. The van der Waals surface area contributed by atoms with Crippen LogP contribution in [0.5, 0.6) is 0 Å². The van der Waals surface area contributed by atoms with E-state index < -0.39 is 12.1 Å². The minimum Gasteiger partial charge on any atom is -0.476 e. The van der Waals surface area contributed by atoms with Crippen LogP contribution >= 0.6 is 0 Å². The molecule has 0 bridgehead atoms. The first-order chi connectivity index (χ1) is 16.0. The number of aromatic carboxylic acids is 1. The highest BCUT2D eigenvalue weighted by Gasteiger charge is 2.29. The van der Waals surface area contributed by atoms with Crippen LogP contribution < -0.4 is 5.32 Å². The van der Waals surface area contributed by atoms with Gasteiger partial charge in [-0.2, -0.15) is 4.68 Å². The van der Waals surface area contributed by atoms with Crippen LogP contribution in [0.25, 0.3) is 16.8 Å². The molecule has 5 rings (SSSR count). The van der Waals surface area contributed by atoms with E-state index in [1.807, 2.05) is 61.5 Å². The first-order valence-electron chi connectivity index (χ1n) is 10.4. The number of aryl methyl sites for hydroxylation is 1. The third-order valence-corrected chi connectivity index (χ3v) is 5.68. The minimum absolute atomic E-state index is 0.0645. The summed E-state index contributed by atoms with van der Waals surface area (Å²) in [6.45, 7) is 2.01. The predicted molar refractivity (Wildman–Crippen MR) is 122 cm³/mol. The molecule has 1 amide bonds. The number of nitrogens with one attached hydrogen (secondary N) is 1. The first kappa shape index (κ1) is 20.4. The number of rotatable bonds is 5. The molecule has 3 aromatic carbocycles. The quantitative estimate of drug-likeness (QED) is 0.468. The smallest absolute Gasteiger partial charge is 0.412 e. The van der Waals surface area contributed by atoms with E-state index in [1.165, 1.54) is 4.68 Å². The Morgan fingerprint density at radius 3 is 2.30 bits per heavy atom. The number of amides is 1. The second-order valence-corrected chi connectivity index (χ2v) is 7.79. The van der Waals surface area contributed by atoms with Crippen molar-refractivity contribution in [1.82, 2.24) is 15.0 Å². The molecule has 1 heterocycles. The van der Waals surface area contributed by atoms with E-state index in [9.17, 15) is 14.7 Å². The average molecular weight is 440 g/mol. The Balaban J connectivity index is 1.39. The molecule has 0 radical (unpaired) electrons. The summed E-state index contributed by atoms with van der Waals surface area (Å²) in [7, 11) is 0. The molecule has 0 atom stereocenters. The molecule has 0 saturated heterocycles. The Hall–Kier alpha value is -4.46. The molecule has 1 aliphatic carbocycles. The number of benzene rings is 3. The van der Waals surface area contributed by atoms with Crippen LogP contribution in [0.1, 0.15) is 33.1 Å². The molecule has 1 aromatic heterocycles. The number of carbonyl (C=O) groups excluding carboxylic acids is 1. The maximum absolute atomic E-state index is 12.7. The summed E-state index contributed by atoms with van der Waals surface area (Å²) in [5.74, 6) is -1.48. The SMILES string of the molecule is Cc1cccc(-n2nnc(C(=O)O)c2NC(=O)OCC2c3ccccc3-c3ccccc32)c1. The van der Waals surface area contributed by atoms with E-state index >= 15 is 0 Å². The summed E-state index contributed by atoms with van der Waals surface area (Å²) in [5.41, 5.74) is 5.57. The van der Waals surface area contributed by atoms with Crippen molar-refractivity contribution in [2.45, 2.75) is 12.8 Å². The van der Waals surface area contributed by atoms with E-state index in [0.29, 0.717) is 5.69 Å². The topological polar surface area (TPSA) is 106 Å². The number of carboxylic acid groups (broad SMARTS) is 1. The van der Waals surface area contributed by atoms with Gasteiger partial charge < -0.3 is 9.84 Å². The van der Waals surface area contributed by atoms with Crippen LogP contribution in [-0.2, 0) is 4.74 Å². The molecule has 164 valence electrons. The Kier molecular flexibility index (Phi) is 5.10. The second-order valence-electron chi connectivity index (χ2n) is 7.79. The third-order valence-electron chi connectivity index (χ3n) is 5.68. The van der Waals surface area contributed by atoms with Gasteiger partial charge in [-0.25, -0.2) is 9.59 Å². The number of hydrogen-bond donors (Lipinski definition) is 2. The van der Waals surface area contributed by atoms with Gasteiger partial charge in [-0.1, -0.05) is 65.9 Å². The van der Waals surface area contributed by atoms with Gasteiger partial charge in [-0.05, 0) is 46.9 Å². The highest BCUT2D eigenvalue weighted by atomic mass is 16.5. The number of carbonyl (C=O) groups is 2. The summed E-state index contributed by atoms with van der Waals surface area (Å²) in [4.78, 5) is 24.4. The molecule has 0 aliphatic heterocycles. The number of anilines is 1. The molecular weight excluding hydrogens is 420 g/mol. The fourth-order valence-corrected chi connectivity index (χ4v) is 4.21. The molecule has 1 aliphatic rings. The van der Waals surface area contributed by atoms with Crippen LogP contribution in [0.3, 0.4) is 0 Å². The molecular formula is C25H20N4O4.